The molecular weight excluding hydrogens is 386 g/mol. The van der Waals surface area contributed by atoms with Gasteiger partial charge in [-0.2, -0.15) is 0 Å². The van der Waals surface area contributed by atoms with Gasteiger partial charge in [0.05, 0.1) is 12.0 Å². The second kappa shape index (κ2) is 7.41. The fourth-order valence-corrected chi connectivity index (χ4v) is 5.11. The van der Waals surface area contributed by atoms with E-state index in [0.29, 0.717) is 28.3 Å². The zero-order valence-corrected chi connectivity index (χ0v) is 16.3. The van der Waals surface area contributed by atoms with Gasteiger partial charge in [-0.25, -0.2) is 13.1 Å². The lowest BCUT2D eigenvalue weighted by molar-refractivity contribution is 0.338. The number of para-hydroxylation sites is 1. The lowest BCUT2D eigenvalue weighted by atomic mass is 9.85. The second-order valence-electron chi connectivity index (χ2n) is 6.33. The number of nitrogens with one attached hydrogen (secondary N) is 1. The molecule has 27 heavy (non-hydrogen) atoms. The molecule has 1 aliphatic carbocycles. The van der Waals surface area contributed by atoms with Gasteiger partial charge in [-0.3, -0.25) is 0 Å². The summed E-state index contributed by atoms with van der Waals surface area (Å²) in [6.07, 6.45) is 3.32. The Hall–Kier alpha value is -2.23. The molecule has 0 aliphatic heterocycles. The first-order valence-electron chi connectivity index (χ1n) is 8.62. The highest BCUT2D eigenvalue weighted by molar-refractivity contribution is 7.91. The average Bonchev–Trinajstić information content (AvgIpc) is 3.28. The number of ether oxygens (including phenoxy) is 1. The molecule has 1 aromatic carbocycles. The van der Waals surface area contributed by atoms with Gasteiger partial charge in [-0.1, -0.05) is 24.6 Å². The number of benzene rings is 1. The fourth-order valence-electron chi connectivity index (χ4n) is 2.83. The third-order valence-corrected chi connectivity index (χ3v) is 7.56. The van der Waals surface area contributed by atoms with Gasteiger partial charge in [-0.05, 0) is 31.0 Å². The summed E-state index contributed by atoms with van der Waals surface area (Å²) in [7, 11) is -2.09. The summed E-state index contributed by atoms with van der Waals surface area (Å²) in [5.74, 6) is 2.00. The van der Waals surface area contributed by atoms with Gasteiger partial charge in [-0.15, -0.1) is 21.5 Å². The summed E-state index contributed by atoms with van der Waals surface area (Å²) >= 11 is 1.11. The van der Waals surface area contributed by atoms with Crippen LogP contribution in [0.5, 0.6) is 5.75 Å². The molecule has 0 atom stereocenters. The Bertz CT molecular complexity index is 1040. The van der Waals surface area contributed by atoms with Crippen molar-refractivity contribution in [3.05, 3.63) is 47.9 Å². The molecule has 0 unspecified atom stereocenters. The highest BCUT2D eigenvalue weighted by Gasteiger charge is 2.26. The Balaban J connectivity index is 1.48. The summed E-state index contributed by atoms with van der Waals surface area (Å²) in [6, 6.07) is 10.5. The van der Waals surface area contributed by atoms with Gasteiger partial charge in [0.2, 0.25) is 15.9 Å². The van der Waals surface area contributed by atoms with Crippen molar-refractivity contribution >= 4 is 21.4 Å². The van der Waals surface area contributed by atoms with E-state index in [1.807, 2.05) is 18.2 Å². The lowest BCUT2D eigenvalue weighted by Crippen LogP contribution is -2.22. The number of rotatable bonds is 7. The van der Waals surface area contributed by atoms with Crippen molar-refractivity contribution in [2.24, 2.45) is 0 Å². The molecule has 0 saturated heterocycles. The smallest absolute Gasteiger partial charge is 0.257 e. The predicted molar refractivity (Wildman–Crippen MR) is 101 cm³/mol. The molecule has 1 aliphatic rings. The van der Waals surface area contributed by atoms with Crippen molar-refractivity contribution in [3.63, 3.8) is 0 Å². The number of aromatic nitrogens is 2. The lowest BCUT2D eigenvalue weighted by Gasteiger charge is -2.20. The van der Waals surface area contributed by atoms with Gasteiger partial charge < -0.3 is 9.15 Å². The summed E-state index contributed by atoms with van der Waals surface area (Å²) in [5, 5.41) is 8.16. The van der Waals surface area contributed by atoms with E-state index in [1.54, 1.807) is 25.3 Å². The largest absolute Gasteiger partial charge is 0.496 e. The molecular formula is C18H19N3O4S2. The zero-order valence-electron chi connectivity index (χ0n) is 14.7. The molecule has 4 rings (SSSR count). The Morgan fingerprint density at radius 1 is 1.22 bits per heavy atom. The summed E-state index contributed by atoms with van der Waals surface area (Å²) < 4.78 is 39.0. The zero-order chi connectivity index (χ0) is 18.9. The highest BCUT2D eigenvalue weighted by atomic mass is 32.2. The van der Waals surface area contributed by atoms with Gasteiger partial charge in [0, 0.05) is 18.0 Å². The van der Waals surface area contributed by atoms with E-state index in [-0.39, 0.29) is 10.8 Å². The van der Waals surface area contributed by atoms with Crippen LogP contribution in [0.2, 0.25) is 0 Å². The van der Waals surface area contributed by atoms with E-state index in [4.69, 9.17) is 9.15 Å². The molecule has 0 amide bonds. The summed E-state index contributed by atoms with van der Waals surface area (Å²) in [6.45, 7) is 0.145. The van der Waals surface area contributed by atoms with Crippen molar-refractivity contribution in [2.45, 2.75) is 35.9 Å². The van der Waals surface area contributed by atoms with E-state index in [1.165, 1.54) is 6.42 Å². The molecule has 7 nitrogen and oxygen atoms in total. The average molecular weight is 406 g/mol. The molecule has 0 radical (unpaired) electrons. The van der Waals surface area contributed by atoms with Crippen LogP contribution < -0.4 is 9.46 Å². The first-order valence-corrected chi connectivity index (χ1v) is 10.9. The van der Waals surface area contributed by atoms with E-state index in [9.17, 15) is 8.42 Å². The van der Waals surface area contributed by atoms with Gasteiger partial charge in [0.15, 0.2) is 0 Å². The molecule has 3 aromatic rings. The normalized spacial score (nSPS) is 14.9. The molecule has 0 bridgehead atoms. The topological polar surface area (TPSA) is 94.3 Å². The monoisotopic (exact) mass is 405 g/mol. The third-order valence-electron chi connectivity index (χ3n) is 4.60. The fraction of sp³-hybridized carbons (Fsp3) is 0.333. The first-order chi connectivity index (χ1) is 13.1. The van der Waals surface area contributed by atoms with Gasteiger partial charge in [0.1, 0.15) is 9.96 Å². The van der Waals surface area contributed by atoms with Crippen LogP contribution in [0.4, 0.5) is 0 Å². The van der Waals surface area contributed by atoms with E-state index >= 15 is 0 Å². The van der Waals surface area contributed by atoms with Crippen molar-refractivity contribution in [3.8, 4) is 16.5 Å². The Morgan fingerprint density at radius 3 is 2.78 bits per heavy atom. The third kappa shape index (κ3) is 3.76. The van der Waals surface area contributed by atoms with Crippen LogP contribution in [0.3, 0.4) is 0 Å². The Labute approximate surface area is 161 Å². The Kier molecular flexibility index (Phi) is 4.98. The van der Waals surface area contributed by atoms with Crippen LogP contribution in [0, 0.1) is 0 Å². The number of methoxy groups -OCH3 is 1. The highest BCUT2D eigenvalue weighted by Crippen LogP contribution is 2.37. The minimum Gasteiger partial charge on any atom is -0.496 e. The number of nitrogens with zero attached hydrogens (tertiary/aromatic N) is 2. The first kappa shape index (κ1) is 18.1. The van der Waals surface area contributed by atoms with Crippen molar-refractivity contribution in [1.82, 2.24) is 14.9 Å². The quantitative estimate of drug-likeness (QED) is 0.646. The van der Waals surface area contributed by atoms with Crippen molar-refractivity contribution < 1.29 is 17.6 Å². The molecule has 142 valence electrons. The van der Waals surface area contributed by atoms with Crippen molar-refractivity contribution in [2.75, 3.05) is 7.11 Å². The number of hydrogen-bond donors (Lipinski definition) is 1. The maximum absolute atomic E-state index is 12.6. The molecule has 0 spiro atoms. The number of thiophene rings is 1. The van der Waals surface area contributed by atoms with Crippen molar-refractivity contribution in [1.29, 1.82) is 0 Å². The van der Waals surface area contributed by atoms with Crippen LogP contribution in [0.25, 0.3) is 10.8 Å². The number of hydrogen-bond acceptors (Lipinski definition) is 7. The number of sulfonamides is 1. The van der Waals surface area contributed by atoms with Crippen LogP contribution in [-0.4, -0.2) is 25.7 Å². The van der Waals surface area contributed by atoms with Crippen LogP contribution in [-0.2, 0) is 16.6 Å². The van der Waals surface area contributed by atoms with E-state index < -0.39 is 10.0 Å². The molecule has 1 fully saturated rings. The van der Waals surface area contributed by atoms with Gasteiger partial charge >= 0.3 is 0 Å². The SMILES string of the molecule is COc1ccccc1CNS(=O)(=O)c1ccc(-c2nnc(C3CCC3)o2)s1. The second-order valence-corrected chi connectivity index (χ2v) is 9.41. The summed E-state index contributed by atoms with van der Waals surface area (Å²) in [5.41, 5.74) is 0.766. The summed E-state index contributed by atoms with van der Waals surface area (Å²) in [4.78, 5) is 0.644. The molecule has 2 aromatic heterocycles. The standard InChI is InChI=1S/C18H19N3O4S2/c1-24-14-8-3-2-5-13(14)11-19-27(22,23)16-10-9-15(26-16)18-21-20-17(25-18)12-6-4-7-12/h2-3,5,8-10,12,19H,4,6-7,11H2,1H3. The Morgan fingerprint density at radius 2 is 2.04 bits per heavy atom. The van der Waals surface area contributed by atoms with Crippen LogP contribution in [0.1, 0.15) is 36.6 Å². The van der Waals surface area contributed by atoms with E-state index in [2.05, 4.69) is 14.9 Å². The van der Waals surface area contributed by atoms with Gasteiger partial charge in [0.25, 0.3) is 5.89 Å². The van der Waals surface area contributed by atoms with E-state index in [0.717, 1.165) is 29.7 Å². The minimum absolute atomic E-state index is 0.145. The van der Waals surface area contributed by atoms with Crippen LogP contribution >= 0.6 is 11.3 Å². The van der Waals surface area contributed by atoms with Crippen LogP contribution in [0.15, 0.2) is 45.0 Å². The maximum atomic E-state index is 12.6. The molecule has 1 saturated carbocycles. The molecule has 9 heteroatoms. The predicted octanol–water partition coefficient (Wildman–Crippen LogP) is 3.55. The molecule has 1 N–H and O–H groups in total. The minimum atomic E-state index is -3.65. The molecule has 2 heterocycles. The maximum Gasteiger partial charge on any atom is 0.257 e.